The Morgan fingerprint density at radius 2 is 2.47 bits per heavy atom. The molecule has 0 spiro atoms. The van der Waals surface area contributed by atoms with Crippen LogP contribution in [0.15, 0.2) is 18.5 Å². The minimum absolute atomic E-state index is 0.650. The van der Waals surface area contributed by atoms with Gasteiger partial charge in [0, 0.05) is 43.7 Å². The van der Waals surface area contributed by atoms with Crippen LogP contribution in [0.3, 0.4) is 0 Å². The summed E-state index contributed by atoms with van der Waals surface area (Å²) in [6.45, 7) is 5.64. The van der Waals surface area contributed by atoms with Crippen molar-refractivity contribution in [3.63, 3.8) is 0 Å². The third-order valence-corrected chi connectivity index (χ3v) is 3.51. The van der Waals surface area contributed by atoms with Gasteiger partial charge in [-0.1, -0.05) is 0 Å². The van der Waals surface area contributed by atoms with Gasteiger partial charge in [-0.05, 0) is 25.7 Å². The first kappa shape index (κ1) is 12.6. The van der Waals surface area contributed by atoms with Crippen LogP contribution in [0.2, 0.25) is 0 Å². The summed E-state index contributed by atoms with van der Waals surface area (Å²) in [4.78, 5) is 4.40. The van der Waals surface area contributed by atoms with Crippen molar-refractivity contribution in [2.24, 2.45) is 5.92 Å². The second-order valence-electron chi connectivity index (χ2n) is 5.26. The molecular weight excluding hydrogens is 240 g/mol. The Morgan fingerprint density at radius 1 is 1.53 bits per heavy atom. The summed E-state index contributed by atoms with van der Waals surface area (Å²) in [6.07, 6.45) is 6.41. The SMILES string of the molecule is Cc1cc2ncc(CNCC3CCCOC3)cn2n1. The minimum Gasteiger partial charge on any atom is -0.381 e. The molecule has 0 aromatic carbocycles. The van der Waals surface area contributed by atoms with Crippen molar-refractivity contribution in [3.8, 4) is 0 Å². The van der Waals surface area contributed by atoms with Crippen molar-refractivity contribution in [2.45, 2.75) is 26.3 Å². The van der Waals surface area contributed by atoms with Gasteiger partial charge in [-0.3, -0.25) is 0 Å². The van der Waals surface area contributed by atoms with E-state index in [4.69, 9.17) is 4.74 Å². The van der Waals surface area contributed by atoms with Gasteiger partial charge >= 0.3 is 0 Å². The Labute approximate surface area is 113 Å². The molecule has 1 atom stereocenters. The lowest BCUT2D eigenvalue weighted by molar-refractivity contribution is 0.0547. The summed E-state index contributed by atoms with van der Waals surface area (Å²) in [5.41, 5.74) is 3.06. The van der Waals surface area contributed by atoms with Crippen LogP contribution in [0.25, 0.3) is 5.65 Å². The molecular formula is C14H20N4O. The van der Waals surface area contributed by atoms with E-state index in [2.05, 4.69) is 15.4 Å². The monoisotopic (exact) mass is 260 g/mol. The highest BCUT2D eigenvalue weighted by Crippen LogP contribution is 2.12. The van der Waals surface area contributed by atoms with Crippen LogP contribution < -0.4 is 5.32 Å². The summed E-state index contributed by atoms with van der Waals surface area (Å²) in [5.74, 6) is 0.650. The molecule has 1 saturated heterocycles. The lowest BCUT2D eigenvalue weighted by atomic mass is 10.0. The molecule has 3 heterocycles. The molecule has 2 aromatic rings. The fourth-order valence-electron chi connectivity index (χ4n) is 2.51. The van der Waals surface area contributed by atoms with Gasteiger partial charge in [-0.2, -0.15) is 5.10 Å². The standard InChI is InChI=1S/C14H20N4O/c1-11-5-14-16-8-13(9-18(14)17-11)7-15-6-12-3-2-4-19-10-12/h5,8-9,12,15H,2-4,6-7,10H2,1H3. The maximum atomic E-state index is 5.48. The molecule has 0 aliphatic carbocycles. The molecule has 5 nitrogen and oxygen atoms in total. The summed E-state index contributed by atoms with van der Waals surface area (Å²) < 4.78 is 7.32. The summed E-state index contributed by atoms with van der Waals surface area (Å²) in [7, 11) is 0. The van der Waals surface area contributed by atoms with Crippen molar-refractivity contribution in [1.82, 2.24) is 19.9 Å². The molecule has 0 saturated carbocycles. The van der Waals surface area contributed by atoms with Crippen molar-refractivity contribution in [3.05, 3.63) is 29.7 Å². The zero-order valence-corrected chi connectivity index (χ0v) is 11.3. The molecule has 2 aromatic heterocycles. The summed E-state index contributed by atoms with van der Waals surface area (Å²) >= 11 is 0. The molecule has 3 rings (SSSR count). The van der Waals surface area contributed by atoms with Gasteiger partial charge in [-0.15, -0.1) is 0 Å². The molecule has 1 unspecified atom stereocenters. The molecule has 19 heavy (non-hydrogen) atoms. The number of fused-ring (bicyclic) bond motifs is 1. The molecule has 1 aliphatic rings. The van der Waals surface area contributed by atoms with Crippen molar-refractivity contribution in [2.75, 3.05) is 19.8 Å². The van der Waals surface area contributed by atoms with E-state index in [1.54, 1.807) is 0 Å². The van der Waals surface area contributed by atoms with E-state index in [-0.39, 0.29) is 0 Å². The van der Waals surface area contributed by atoms with Gasteiger partial charge in [0.25, 0.3) is 0 Å². The van der Waals surface area contributed by atoms with E-state index in [0.29, 0.717) is 5.92 Å². The molecule has 5 heteroatoms. The van der Waals surface area contributed by atoms with Crippen LogP contribution in [0.5, 0.6) is 0 Å². The lowest BCUT2D eigenvalue weighted by Gasteiger charge is -2.22. The van der Waals surface area contributed by atoms with E-state index in [1.165, 1.54) is 12.8 Å². The highest BCUT2D eigenvalue weighted by molar-refractivity contribution is 5.38. The molecule has 0 bridgehead atoms. The Bertz CT molecular complexity index is 545. The van der Waals surface area contributed by atoms with E-state index in [9.17, 15) is 0 Å². The highest BCUT2D eigenvalue weighted by atomic mass is 16.5. The van der Waals surface area contributed by atoms with Gasteiger partial charge in [-0.25, -0.2) is 9.50 Å². The summed E-state index contributed by atoms with van der Waals surface area (Å²) in [6, 6.07) is 1.98. The third-order valence-electron chi connectivity index (χ3n) is 3.51. The Hall–Kier alpha value is -1.46. The van der Waals surface area contributed by atoms with E-state index >= 15 is 0 Å². The topological polar surface area (TPSA) is 51.5 Å². The first-order valence-electron chi connectivity index (χ1n) is 6.90. The molecule has 102 valence electrons. The van der Waals surface area contributed by atoms with E-state index in [1.807, 2.05) is 29.9 Å². The average Bonchev–Trinajstić information content (AvgIpc) is 2.79. The number of hydrogen-bond acceptors (Lipinski definition) is 4. The Balaban J connectivity index is 1.55. The smallest absolute Gasteiger partial charge is 0.155 e. The first-order chi connectivity index (χ1) is 9.31. The number of rotatable bonds is 4. The molecule has 1 aliphatic heterocycles. The van der Waals surface area contributed by atoms with Crippen molar-refractivity contribution >= 4 is 5.65 Å². The number of aromatic nitrogens is 3. The Morgan fingerprint density at radius 3 is 3.32 bits per heavy atom. The van der Waals surface area contributed by atoms with Crippen LogP contribution in [0.1, 0.15) is 24.1 Å². The number of hydrogen-bond donors (Lipinski definition) is 1. The number of ether oxygens (including phenoxy) is 1. The van der Waals surface area contributed by atoms with Crippen LogP contribution in [0, 0.1) is 12.8 Å². The predicted octanol–water partition coefficient (Wildman–Crippen LogP) is 1.55. The minimum atomic E-state index is 0.650. The number of nitrogens with zero attached hydrogens (tertiary/aromatic N) is 3. The fraction of sp³-hybridized carbons (Fsp3) is 0.571. The zero-order chi connectivity index (χ0) is 13.1. The second-order valence-corrected chi connectivity index (χ2v) is 5.26. The van der Waals surface area contributed by atoms with E-state index in [0.717, 1.165) is 43.2 Å². The normalized spacial score (nSPS) is 19.9. The Kier molecular flexibility index (Phi) is 3.75. The van der Waals surface area contributed by atoms with E-state index < -0.39 is 0 Å². The number of aryl methyl sites for hydroxylation is 1. The van der Waals surface area contributed by atoms with Crippen LogP contribution in [-0.4, -0.2) is 34.4 Å². The second kappa shape index (κ2) is 5.67. The van der Waals surface area contributed by atoms with Crippen LogP contribution in [0.4, 0.5) is 0 Å². The van der Waals surface area contributed by atoms with Gasteiger partial charge < -0.3 is 10.1 Å². The van der Waals surface area contributed by atoms with Crippen LogP contribution >= 0.6 is 0 Å². The molecule has 0 radical (unpaired) electrons. The average molecular weight is 260 g/mol. The van der Waals surface area contributed by atoms with Crippen LogP contribution in [-0.2, 0) is 11.3 Å². The molecule has 1 fully saturated rings. The zero-order valence-electron chi connectivity index (χ0n) is 11.3. The summed E-state index contributed by atoms with van der Waals surface area (Å²) in [5, 5.41) is 7.86. The van der Waals surface area contributed by atoms with Gasteiger partial charge in [0.2, 0.25) is 0 Å². The maximum Gasteiger partial charge on any atom is 0.155 e. The predicted molar refractivity (Wildman–Crippen MR) is 73.0 cm³/mol. The largest absolute Gasteiger partial charge is 0.381 e. The number of nitrogens with one attached hydrogen (secondary N) is 1. The first-order valence-corrected chi connectivity index (χ1v) is 6.90. The lowest BCUT2D eigenvalue weighted by Crippen LogP contribution is -2.29. The quantitative estimate of drug-likeness (QED) is 0.906. The molecule has 0 amide bonds. The van der Waals surface area contributed by atoms with Crippen molar-refractivity contribution in [1.29, 1.82) is 0 Å². The van der Waals surface area contributed by atoms with Crippen molar-refractivity contribution < 1.29 is 4.74 Å². The van der Waals surface area contributed by atoms with Gasteiger partial charge in [0.15, 0.2) is 5.65 Å². The molecule has 1 N–H and O–H groups in total. The van der Waals surface area contributed by atoms with Gasteiger partial charge in [0.1, 0.15) is 0 Å². The fourth-order valence-corrected chi connectivity index (χ4v) is 2.51. The highest BCUT2D eigenvalue weighted by Gasteiger charge is 2.13. The third kappa shape index (κ3) is 3.11. The van der Waals surface area contributed by atoms with Gasteiger partial charge in [0.05, 0.1) is 12.3 Å². The maximum absolute atomic E-state index is 5.48.